The standard InChI is InChI=1S/C53H40S/c1-2-10-37-32(9-1)17-21-44-52(37)46-29-33(18-20-43(46)53(44)49-35-24-30-23-31(26-35)27-36(49)25-30)50-39-12-3-5-14-41(39)51(42-15-6-4-13-40(42)50)34-19-22-48-45(28-34)38-11-7-8-16-47(38)54-48/h1-22,28-31,35-36,49,53H,23-27H2. The van der Waals surface area contributed by atoms with Crippen LogP contribution in [0.2, 0.25) is 0 Å². The summed E-state index contributed by atoms with van der Waals surface area (Å²) in [6.07, 6.45) is 7.36. The molecule has 0 spiro atoms. The van der Waals surface area contributed by atoms with Crippen molar-refractivity contribution in [3.05, 3.63) is 157 Å². The van der Waals surface area contributed by atoms with E-state index < -0.39 is 0 Å². The van der Waals surface area contributed by atoms with Gasteiger partial charge in [-0.05, 0) is 163 Å². The van der Waals surface area contributed by atoms with Crippen molar-refractivity contribution < 1.29 is 0 Å². The van der Waals surface area contributed by atoms with Gasteiger partial charge in [0.25, 0.3) is 0 Å². The maximum Gasteiger partial charge on any atom is 0.0355 e. The summed E-state index contributed by atoms with van der Waals surface area (Å²) in [6.45, 7) is 0. The zero-order chi connectivity index (χ0) is 35.1. The van der Waals surface area contributed by atoms with Crippen LogP contribution in [0.3, 0.4) is 0 Å². The molecule has 258 valence electrons. The van der Waals surface area contributed by atoms with Crippen molar-refractivity contribution in [3.63, 3.8) is 0 Å². The van der Waals surface area contributed by atoms with Gasteiger partial charge in [-0.2, -0.15) is 0 Å². The summed E-state index contributed by atoms with van der Waals surface area (Å²) in [5.74, 6) is 5.00. The third-order valence-corrected chi connectivity index (χ3v) is 15.7. The van der Waals surface area contributed by atoms with Crippen molar-refractivity contribution >= 4 is 63.8 Å². The minimum atomic E-state index is 0.502. The lowest BCUT2D eigenvalue weighted by atomic mass is 9.49. The molecule has 8 aromatic carbocycles. The normalized spacial score (nSPS) is 23.9. The molecule has 1 heterocycles. The molecule has 0 radical (unpaired) electrons. The molecule has 4 fully saturated rings. The number of fused-ring (bicyclic) bond motifs is 10. The fourth-order valence-corrected chi connectivity index (χ4v) is 13.9. The SMILES string of the molecule is c1ccc2c3c(ccc2c1)C(C1C2CC4CC(C2)CC1C4)c1ccc(-c2c4ccccc4c(-c4ccc5sc6ccccc6c5c4)c4ccccc24)cc1-3. The number of benzene rings is 8. The van der Waals surface area contributed by atoms with E-state index in [1.807, 2.05) is 11.3 Å². The highest BCUT2D eigenvalue weighted by molar-refractivity contribution is 7.25. The number of rotatable bonds is 3. The molecule has 9 aromatic rings. The first kappa shape index (κ1) is 30.1. The van der Waals surface area contributed by atoms with Crippen LogP contribution >= 0.6 is 11.3 Å². The second-order valence-electron chi connectivity index (χ2n) is 17.2. The molecule has 0 amide bonds. The average molecular weight is 709 g/mol. The number of thiophene rings is 1. The van der Waals surface area contributed by atoms with Gasteiger partial charge in [0.2, 0.25) is 0 Å². The van der Waals surface area contributed by atoms with Gasteiger partial charge in [0.1, 0.15) is 0 Å². The Morgan fingerprint density at radius 1 is 0.389 bits per heavy atom. The van der Waals surface area contributed by atoms with Crippen LogP contribution in [0.5, 0.6) is 0 Å². The second kappa shape index (κ2) is 11.2. The molecule has 5 aliphatic rings. The Kier molecular flexibility index (Phi) is 6.22. The van der Waals surface area contributed by atoms with E-state index in [2.05, 4.69) is 146 Å². The van der Waals surface area contributed by atoms with Crippen LogP contribution in [0.25, 0.3) is 85.9 Å². The summed E-state index contributed by atoms with van der Waals surface area (Å²) in [7, 11) is 0. The van der Waals surface area contributed by atoms with E-state index in [9.17, 15) is 0 Å². The highest BCUT2D eigenvalue weighted by Crippen LogP contribution is 2.64. The van der Waals surface area contributed by atoms with Gasteiger partial charge < -0.3 is 0 Å². The molecule has 4 saturated carbocycles. The van der Waals surface area contributed by atoms with Gasteiger partial charge in [0.05, 0.1) is 0 Å². The van der Waals surface area contributed by atoms with Crippen LogP contribution in [0.15, 0.2) is 146 Å². The predicted molar refractivity (Wildman–Crippen MR) is 231 cm³/mol. The largest absolute Gasteiger partial charge is 0.135 e. The summed E-state index contributed by atoms with van der Waals surface area (Å²) in [5, 5.41) is 10.8. The summed E-state index contributed by atoms with van der Waals surface area (Å²) < 4.78 is 2.70. The van der Waals surface area contributed by atoms with Crippen molar-refractivity contribution in [3.8, 4) is 33.4 Å². The first-order chi connectivity index (χ1) is 26.7. The van der Waals surface area contributed by atoms with Gasteiger partial charge in [-0.25, -0.2) is 0 Å². The fourth-order valence-electron chi connectivity index (χ4n) is 12.8. The van der Waals surface area contributed by atoms with Crippen LogP contribution in [0.4, 0.5) is 0 Å². The number of hydrogen-bond acceptors (Lipinski definition) is 1. The molecule has 0 aliphatic heterocycles. The first-order valence-electron chi connectivity index (χ1n) is 20.3. The van der Waals surface area contributed by atoms with E-state index in [1.165, 1.54) is 118 Å². The monoisotopic (exact) mass is 708 g/mol. The molecule has 54 heavy (non-hydrogen) atoms. The van der Waals surface area contributed by atoms with Gasteiger partial charge in [0, 0.05) is 26.1 Å². The lowest BCUT2D eigenvalue weighted by molar-refractivity contribution is -0.0424. The summed E-state index contributed by atoms with van der Waals surface area (Å²) in [6, 6.07) is 56.1. The van der Waals surface area contributed by atoms with Crippen molar-refractivity contribution in [2.24, 2.45) is 29.6 Å². The number of hydrogen-bond donors (Lipinski definition) is 0. The minimum absolute atomic E-state index is 0.502. The van der Waals surface area contributed by atoms with E-state index in [0.717, 1.165) is 29.6 Å². The Balaban J connectivity index is 1.05. The van der Waals surface area contributed by atoms with Crippen LogP contribution < -0.4 is 0 Å². The highest BCUT2D eigenvalue weighted by Gasteiger charge is 2.52. The van der Waals surface area contributed by atoms with Gasteiger partial charge in [0.15, 0.2) is 0 Å². The molecule has 0 saturated heterocycles. The maximum atomic E-state index is 2.61. The zero-order valence-corrected chi connectivity index (χ0v) is 31.1. The Morgan fingerprint density at radius 3 is 1.61 bits per heavy atom. The quantitative estimate of drug-likeness (QED) is 0.160. The third kappa shape index (κ3) is 4.14. The van der Waals surface area contributed by atoms with Crippen LogP contribution in [0, 0.1) is 29.6 Å². The molecule has 5 aliphatic carbocycles. The van der Waals surface area contributed by atoms with Gasteiger partial charge in [-0.1, -0.05) is 121 Å². The van der Waals surface area contributed by atoms with Crippen LogP contribution in [-0.4, -0.2) is 0 Å². The molecule has 1 aromatic heterocycles. The maximum absolute atomic E-state index is 2.61. The molecular weight excluding hydrogens is 669 g/mol. The Hall–Kier alpha value is -5.24. The third-order valence-electron chi connectivity index (χ3n) is 14.5. The highest BCUT2D eigenvalue weighted by atomic mass is 32.1. The van der Waals surface area contributed by atoms with Crippen molar-refractivity contribution in [1.29, 1.82) is 0 Å². The summed E-state index contributed by atoms with van der Waals surface area (Å²) >= 11 is 1.89. The van der Waals surface area contributed by atoms with Crippen LogP contribution in [-0.2, 0) is 0 Å². The topological polar surface area (TPSA) is 0 Å². The van der Waals surface area contributed by atoms with E-state index in [0.29, 0.717) is 5.92 Å². The molecule has 4 bridgehead atoms. The van der Waals surface area contributed by atoms with E-state index in [-0.39, 0.29) is 0 Å². The van der Waals surface area contributed by atoms with Crippen LogP contribution in [0.1, 0.15) is 49.1 Å². The lowest BCUT2D eigenvalue weighted by Crippen LogP contribution is -2.47. The Labute approximate surface area is 320 Å². The lowest BCUT2D eigenvalue weighted by Gasteiger charge is -2.56. The smallest absolute Gasteiger partial charge is 0.0355 e. The minimum Gasteiger partial charge on any atom is -0.135 e. The molecule has 1 heteroatoms. The molecule has 1 atom stereocenters. The molecular formula is C53H40S. The van der Waals surface area contributed by atoms with Gasteiger partial charge >= 0.3 is 0 Å². The predicted octanol–water partition coefficient (Wildman–Crippen LogP) is 15.0. The summed E-state index contributed by atoms with van der Waals surface area (Å²) in [4.78, 5) is 0. The molecule has 0 nitrogen and oxygen atoms in total. The summed E-state index contributed by atoms with van der Waals surface area (Å²) in [5.41, 5.74) is 11.5. The average Bonchev–Trinajstić information content (AvgIpc) is 3.75. The second-order valence-corrected chi connectivity index (χ2v) is 18.3. The van der Waals surface area contributed by atoms with Gasteiger partial charge in [-0.3, -0.25) is 0 Å². The van der Waals surface area contributed by atoms with E-state index in [1.54, 1.807) is 11.1 Å². The Morgan fingerprint density at radius 2 is 0.926 bits per heavy atom. The molecule has 0 N–H and O–H groups in total. The Bertz CT molecular complexity index is 2950. The van der Waals surface area contributed by atoms with Crippen molar-refractivity contribution in [2.75, 3.05) is 0 Å². The fraction of sp³-hybridized carbons (Fsp3) is 0.208. The molecule has 14 rings (SSSR count). The van der Waals surface area contributed by atoms with E-state index >= 15 is 0 Å². The van der Waals surface area contributed by atoms with E-state index in [4.69, 9.17) is 0 Å². The van der Waals surface area contributed by atoms with Crippen molar-refractivity contribution in [1.82, 2.24) is 0 Å². The molecule has 1 unspecified atom stereocenters. The van der Waals surface area contributed by atoms with Gasteiger partial charge in [-0.15, -0.1) is 11.3 Å². The first-order valence-corrected chi connectivity index (χ1v) is 21.1. The van der Waals surface area contributed by atoms with Crippen molar-refractivity contribution in [2.45, 2.75) is 38.0 Å². The zero-order valence-electron chi connectivity index (χ0n) is 30.3.